The molecule has 0 bridgehead atoms. The minimum atomic E-state index is -3.72. The maximum atomic E-state index is 12.7. The molecule has 0 saturated carbocycles. The van der Waals surface area contributed by atoms with Crippen LogP contribution in [0, 0.1) is 0 Å². The summed E-state index contributed by atoms with van der Waals surface area (Å²) in [6.07, 6.45) is 17.2. The van der Waals surface area contributed by atoms with Crippen molar-refractivity contribution in [2.45, 2.75) is 121 Å². The quantitative estimate of drug-likeness (QED) is 0.141. The molecule has 5 nitrogen and oxygen atoms in total. The summed E-state index contributed by atoms with van der Waals surface area (Å²) in [5.74, 6) is 0.145. The Hall–Kier alpha value is -1.11. The highest BCUT2D eigenvalue weighted by atomic mass is 35.5. The molecule has 0 aliphatic heterocycles. The minimum absolute atomic E-state index is 0.0340. The summed E-state index contributed by atoms with van der Waals surface area (Å²) in [5.41, 5.74) is 0. The van der Waals surface area contributed by atoms with Crippen molar-refractivity contribution in [3.8, 4) is 5.75 Å². The van der Waals surface area contributed by atoms with Crippen LogP contribution in [0.5, 0.6) is 5.75 Å². The molecule has 1 aromatic carbocycles. The Kier molecular flexibility index (Phi) is 16.5. The molecule has 1 atom stereocenters. The molecule has 0 spiro atoms. The summed E-state index contributed by atoms with van der Waals surface area (Å²) in [5, 5.41) is -0.639. The normalized spacial score (nSPS) is 12.6. The van der Waals surface area contributed by atoms with E-state index in [4.69, 9.17) is 16.3 Å². The van der Waals surface area contributed by atoms with Gasteiger partial charge in [0.15, 0.2) is 6.10 Å². The molecule has 7 heteroatoms. The summed E-state index contributed by atoms with van der Waals surface area (Å²) in [6.45, 7) is 4.40. The monoisotopic (exact) mass is 501 g/mol. The number of benzene rings is 1. The lowest BCUT2D eigenvalue weighted by Gasteiger charge is -2.17. The zero-order chi connectivity index (χ0) is 24.4. The van der Waals surface area contributed by atoms with Gasteiger partial charge in [0.2, 0.25) is 10.0 Å². The number of carbonyl (C=O) groups excluding carboxylic acids is 1. The van der Waals surface area contributed by atoms with Crippen molar-refractivity contribution >= 4 is 26.9 Å². The molecule has 1 N–H and O–H groups in total. The lowest BCUT2D eigenvalue weighted by atomic mass is 10.0. The first-order valence-electron chi connectivity index (χ1n) is 12.9. The fourth-order valence-corrected chi connectivity index (χ4v) is 5.22. The standard InChI is InChI=1S/C26H44ClNO4S/c1-3-5-6-7-8-9-10-11-12-13-14-15-16-19-22-28-33(30,31)25-21-18-17-20-24(25)32-23(4-2)26(27)29/h17-18,20-21,23,28H,3-16,19,22H2,1-2H3. The number of nitrogens with one attached hydrogen (secondary N) is 1. The van der Waals surface area contributed by atoms with Gasteiger partial charge in [0.1, 0.15) is 10.6 Å². The second-order valence-corrected chi connectivity index (χ2v) is 10.9. The highest BCUT2D eigenvalue weighted by molar-refractivity contribution is 7.89. The Morgan fingerprint density at radius 1 is 0.848 bits per heavy atom. The smallest absolute Gasteiger partial charge is 0.262 e. The largest absolute Gasteiger partial charge is 0.480 e. The van der Waals surface area contributed by atoms with E-state index >= 15 is 0 Å². The lowest BCUT2D eigenvalue weighted by Crippen LogP contribution is -2.27. The van der Waals surface area contributed by atoms with E-state index in [9.17, 15) is 13.2 Å². The molecule has 33 heavy (non-hydrogen) atoms. The average Bonchev–Trinajstić information content (AvgIpc) is 2.80. The Bertz CT molecular complexity index is 754. The molecule has 0 amide bonds. The molecular formula is C26H44ClNO4S. The Labute approximate surface area is 207 Å². The maximum absolute atomic E-state index is 12.7. The number of hydrogen-bond acceptors (Lipinski definition) is 4. The van der Waals surface area contributed by atoms with Crippen molar-refractivity contribution < 1.29 is 17.9 Å². The van der Waals surface area contributed by atoms with E-state index in [0.29, 0.717) is 13.0 Å². The number of ether oxygens (including phenoxy) is 1. The van der Waals surface area contributed by atoms with Gasteiger partial charge in [-0.3, -0.25) is 4.79 Å². The number of unbranched alkanes of at least 4 members (excludes halogenated alkanes) is 13. The number of sulfonamides is 1. The number of rotatable bonds is 21. The first kappa shape index (κ1) is 29.9. The SMILES string of the molecule is CCCCCCCCCCCCCCCCNS(=O)(=O)c1ccccc1OC(CC)C(=O)Cl. The number of hydrogen-bond donors (Lipinski definition) is 1. The van der Waals surface area contributed by atoms with Crippen LogP contribution in [-0.4, -0.2) is 26.3 Å². The molecule has 1 aromatic rings. The van der Waals surface area contributed by atoms with Gasteiger partial charge >= 0.3 is 0 Å². The van der Waals surface area contributed by atoms with E-state index < -0.39 is 21.4 Å². The van der Waals surface area contributed by atoms with Crippen LogP contribution in [0.4, 0.5) is 0 Å². The molecular weight excluding hydrogens is 458 g/mol. The topological polar surface area (TPSA) is 72.5 Å². The summed E-state index contributed by atoms with van der Waals surface area (Å²) in [4.78, 5) is 11.5. The van der Waals surface area contributed by atoms with E-state index in [1.165, 1.54) is 76.7 Å². The predicted octanol–water partition coefficient (Wildman–Crippen LogP) is 7.37. The van der Waals surface area contributed by atoms with Crippen LogP contribution in [0.25, 0.3) is 0 Å². The third kappa shape index (κ3) is 13.4. The van der Waals surface area contributed by atoms with Gasteiger partial charge in [0.05, 0.1) is 0 Å². The Balaban J connectivity index is 2.19. The van der Waals surface area contributed by atoms with Crippen molar-refractivity contribution in [1.82, 2.24) is 4.72 Å². The zero-order valence-electron chi connectivity index (χ0n) is 20.6. The van der Waals surface area contributed by atoms with Crippen molar-refractivity contribution in [3.05, 3.63) is 24.3 Å². The first-order chi connectivity index (χ1) is 15.9. The maximum Gasteiger partial charge on any atom is 0.262 e. The van der Waals surface area contributed by atoms with Crippen LogP contribution in [-0.2, 0) is 14.8 Å². The van der Waals surface area contributed by atoms with Crippen LogP contribution in [0.3, 0.4) is 0 Å². The van der Waals surface area contributed by atoms with E-state index in [-0.39, 0.29) is 10.6 Å². The predicted molar refractivity (Wildman–Crippen MR) is 138 cm³/mol. The molecule has 1 rings (SSSR count). The van der Waals surface area contributed by atoms with Crippen molar-refractivity contribution in [2.75, 3.05) is 6.54 Å². The van der Waals surface area contributed by atoms with Crippen LogP contribution in [0.1, 0.15) is 110 Å². The number of para-hydroxylation sites is 1. The van der Waals surface area contributed by atoms with E-state index in [0.717, 1.165) is 19.3 Å². The average molecular weight is 502 g/mol. The van der Waals surface area contributed by atoms with Gasteiger partial charge in [0, 0.05) is 6.54 Å². The molecule has 0 radical (unpaired) electrons. The van der Waals surface area contributed by atoms with Crippen molar-refractivity contribution in [3.63, 3.8) is 0 Å². The van der Waals surface area contributed by atoms with E-state index in [2.05, 4.69) is 11.6 Å². The fraction of sp³-hybridized carbons (Fsp3) is 0.731. The van der Waals surface area contributed by atoms with E-state index in [1.54, 1.807) is 25.1 Å². The van der Waals surface area contributed by atoms with Gasteiger partial charge in [-0.2, -0.15) is 0 Å². The second-order valence-electron chi connectivity index (χ2n) is 8.76. The summed E-state index contributed by atoms with van der Waals surface area (Å²) < 4.78 is 33.7. The van der Waals surface area contributed by atoms with Crippen LogP contribution < -0.4 is 9.46 Å². The molecule has 1 unspecified atom stereocenters. The number of halogens is 1. The van der Waals surface area contributed by atoms with Gasteiger partial charge < -0.3 is 4.74 Å². The molecule has 0 aromatic heterocycles. The minimum Gasteiger partial charge on any atom is -0.480 e. The fourth-order valence-electron chi connectivity index (χ4n) is 3.82. The molecule has 0 aliphatic carbocycles. The summed E-state index contributed by atoms with van der Waals surface area (Å²) in [7, 11) is -3.72. The molecule has 190 valence electrons. The highest BCUT2D eigenvalue weighted by Gasteiger charge is 2.23. The molecule has 0 fully saturated rings. The van der Waals surface area contributed by atoms with E-state index in [1.807, 2.05) is 0 Å². The highest BCUT2D eigenvalue weighted by Crippen LogP contribution is 2.25. The molecule has 0 saturated heterocycles. The van der Waals surface area contributed by atoms with Crippen LogP contribution in [0.2, 0.25) is 0 Å². The lowest BCUT2D eigenvalue weighted by molar-refractivity contribution is -0.118. The van der Waals surface area contributed by atoms with Gasteiger partial charge in [-0.15, -0.1) is 0 Å². The van der Waals surface area contributed by atoms with Gasteiger partial charge in [0.25, 0.3) is 5.24 Å². The summed E-state index contributed by atoms with van der Waals surface area (Å²) >= 11 is 5.54. The van der Waals surface area contributed by atoms with Gasteiger partial charge in [-0.25, -0.2) is 13.1 Å². The Morgan fingerprint density at radius 2 is 1.33 bits per heavy atom. The third-order valence-electron chi connectivity index (χ3n) is 5.85. The molecule has 0 aliphatic rings. The van der Waals surface area contributed by atoms with Crippen molar-refractivity contribution in [2.24, 2.45) is 0 Å². The summed E-state index contributed by atoms with van der Waals surface area (Å²) in [6, 6.07) is 6.34. The van der Waals surface area contributed by atoms with Gasteiger partial charge in [-0.05, 0) is 36.6 Å². The van der Waals surface area contributed by atoms with Crippen LogP contribution >= 0.6 is 11.6 Å². The van der Waals surface area contributed by atoms with Gasteiger partial charge in [-0.1, -0.05) is 109 Å². The van der Waals surface area contributed by atoms with Crippen molar-refractivity contribution in [1.29, 1.82) is 0 Å². The Morgan fingerprint density at radius 3 is 1.82 bits per heavy atom. The molecule has 0 heterocycles. The first-order valence-corrected chi connectivity index (χ1v) is 14.7. The second kappa shape index (κ2) is 18.2. The van der Waals surface area contributed by atoms with Crippen LogP contribution in [0.15, 0.2) is 29.2 Å². The number of carbonyl (C=O) groups is 1. The third-order valence-corrected chi connectivity index (χ3v) is 7.60. The zero-order valence-corrected chi connectivity index (χ0v) is 22.2.